The normalized spacial score (nSPS) is 10.6. The van der Waals surface area contributed by atoms with Gasteiger partial charge in [-0.25, -0.2) is 0 Å². The zero-order valence-corrected chi connectivity index (χ0v) is 11.9. The van der Waals surface area contributed by atoms with E-state index in [1.807, 2.05) is 49.4 Å². The van der Waals surface area contributed by atoms with Gasteiger partial charge in [-0.05, 0) is 30.7 Å². The summed E-state index contributed by atoms with van der Waals surface area (Å²) in [7, 11) is 3.25. The van der Waals surface area contributed by atoms with Crippen molar-refractivity contribution in [2.24, 2.45) is 5.10 Å². The number of methoxy groups -OCH3 is 2. The fourth-order valence-electron chi connectivity index (χ4n) is 1.79. The lowest BCUT2D eigenvalue weighted by Gasteiger charge is -2.07. The van der Waals surface area contributed by atoms with Crippen LogP contribution in [0.25, 0.3) is 0 Å². The van der Waals surface area contributed by atoms with Crippen LogP contribution in [-0.4, -0.2) is 20.4 Å². The number of ether oxygens (including phenoxy) is 2. The van der Waals surface area contributed by atoms with Crippen LogP contribution in [0.2, 0.25) is 0 Å². The quantitative estimate of drug-likeness (QED) is 0.668. The summed E-state index contributed by atoms with van der Waals surface area (Å²) in [4.78, 5) is 0. The number of benzene rings is 2. The molecule has 4 heteroatoms. The summed E-state index contributed by atoms with van der Waals surface area (Å²) in [6, 6.07) is 13.6. The van der Waals surface area contributed by atoms with Gasteiger partial charge in [0.05, 0.1) is 26.1 Å². The summed E-state index contributed by atoms with van der Waals surface area (Å²) in [5.41, 5.74) is 6.04. The second-order valence-corrected chi connectivity index (χ2v) is 4.29. The molecule has 0 aliphatic heterocycles. The van der Waals surface area contributed by atoms with Crippen molar-refractivity contribution >= 4 is 11.9 Å². The van der Waals surface area contributed by atoms with Crippen molar-refractivity contribution in [3.8, 4) is 11.5 Å². The summed E-state index contributed by atoms with van der Waals surface area (Å²) >= 11 is 0. The van der Waals surface area contributed by atoms with E-state index in [9.17, 15) is 0 Å². The van der Waals surface area contributed by atoms with Crippen molar-refractivity contribution < 1.29 is 9.47 Å². The summed E-state index contributed by atoms with van der Waals surface area (Å²) < 4.78 is 10.5. The molecule has 0 radical (unpaired) electrons. The molecule has 20 heavy (non-hydrogen) atoms. The van der Waals surface area contributed by atoms with Gasteiger partial charge in [-0.3, -0.25) is 5.43 Å². The molecule has 2 aromatic rings. The average molecular weight is 270 g/mol. The van der Waals surface area contributed by atoms with E-state index in [4.69, 9.17) is 9.47 Å². The molecule has 0 saturated carbocycles. The Morgan fingerprint density at radius 3 is 2.55 bits per heavy atom. The van der Waals surface area contributed by atoms with E-state index < -0.39 is 0 Å². The number of hydrogen-bond donors (Lipinski definition) is 1. The number of hydrogen-bond acceptors (Lipinski definition) is 4. The van der Waals surface area contributed by atoms with Gasteiger partial charge in [0.15, 0.2) is 0 Å². The molecule has 1 N–H and O–H groups in total. The first-order valence-electron chi connectivity index (χ1n) is 6.31. The van der Waals surface area contributed by atoms with Gasteiger partial charge in [0.2, 0.25) is 0 Å². The van der Waals surface area contributed by atoms with Crippen molar-refractivity contribution in [1.29, 1.82) is 0 Å². The zero-order valence-electron chi connectivity index (χ0n) is 11.9. The Bertz CT molecular complexity index is 609. The molecule has 0 aliphatic rings. The van der Waals surface area contributed by atoms with Gasteiger partial charge in [-0.2, -0.15) is 5.10 Å². The summed E-state index contributed by atoms with van der Waals surface area (Å²) in [6.45, 7) is 2.03. The Hall–Kier alpha value is -2.49. The van der Waals surface area contributed by atoms with Crippen LogP contribution < -0.4 is 14.9 Å². The first-order valence-corrected chi connectivity index (χ1v) is 6.31. The molecule has 104 valence electrons. The van der Waals surface area contributed by atoms with Gasteiger partial charge in [0.25, 0.3) is 0 Å². The largest absolute Gasteiger partial charge is 0.497 e. The molecule has 2 rings (SSSR count). The van der Waals surface area contributed by atoms with Gasteiger partial charge in [-0.1, -0.05) is 18.2 Å². The monoisotopic (exact) mass is 270 g/mol. The Balaban J connectivity index is 2.13. The van der Waals surface area contributed by atoms with Crippen molar-refractivity contribution in [2.45, 2.75) is 6.92 Å². The number of anilines is 1. The number of aryl methyl sites for hydroxylation is 1. The van der Waals surface area contributed by atoms with Crippen molar-refractivity contribution in [3.63, 3.8) is 0 Å². The first-order chi connectivity index (χ1) is 9.74. The molecule has 0 fully saturated rings. The number of rotatable bonds is 5. The minimum atomic E-state index is 0.722. The Labute approximate surface area is 119 Å². The molecule has 0 amide bonds. The molecular weight excluding hydrogens is 252 g/mol. The third-order valence-corrected chi connectivity index (χ3v) is 2.97. The van der Waals surface area contributed by atoms with Crippen molar-refractivity contribution in [3.05, 3.63) is 53.6 Å². The standard InChI is InChI=1S/C16H18N2O2/c1-12-6-4-5-7-15(12)18-17-11-13-8-9-14(19-2)10-16(13)20-3/h4-11,18H,1-3H3/b17-11-. The highest BCUT2D eigenvalue weighted by molar-refractivity contribution is 5.84. The lowest BCUT2D eigenvalue weighted by atomic mass is 10.2. The predicted octanol–water partition coefficient (Wildman–Crippen LogP) is 3.46. The summed E-state index contributed by atoms with van der Waals surface area (Å²) in [5, 5.41) is 4.24. The fraction of sp³-hybridized carbons (Fsp3) is 0.188. The van der Waals surface area contributed by atoms with Gasteiger partial charge in [0.1, 0.15) is 11.5 Å². The summed E-state index contributed by atoms with van der Waals surface area (Å²) in [5.74, 6) is 1.48. The van der Waals surface area contributed by atoms with E-state index in [0.29, 0.717) is 0 Å². The highest BCUT2D eigenvalue weighted by Crippen LogP contribution is 2.23. The van der Waals surface area contributed by atoms with Crippen LogP contribution in [0.1, 0.15) is 11.1 Å². The molecular formula is C16H18N2O2. The molecule has 0 aromatic heterocycles. The van der Waals surface area contributed by atoms with Crippen molar-refractivity contribution in [2.75, 3.05) is 19.6 Å². The Morgan fingerprint density at radius 2 is 1.85 bits per heavy atom. The SMILES string of the molecule is COc1ccc(/C=N\Nc2ccccc2C)c(OC)c1. The van der Waals surface area contributed by atoms with E-state index >= 15 is 0 Å². The van der Waals surface area contributed by atoms with E-state index in [1.54, 1.807) is 20.4 Å². The second-order valence-electron chi connectivity index (χ2n) is 4.29. The molecule has 0 unspecified atom stereocenters. The van der Waals surface area contributed by atoms with Gasteiger partial charge in [0, 0.05) is 11.6 Å². The molecule has 0 aliphatic carbocycles. The van der Waals surface area contributed by atoms with Crippen LogP contribution in [0.3, 0.4) is 0 Å². The third kappa shape index (κ3) is 3.29. The maximum atomic E-state index is 5.32. The van der Waals surface area contributed by atoms with E-state index in [0.717, 1.165) is 28.3 Å². The molecule has 0 heterocycles. The third-order valence-electron chi connectivity index (χ3n) is 2.97. The maximum absolute atomic E-state index is 5.32. The Morgan fingerprint density at radius 1 is 1.05 bits per heavy atom. The van der Waals surface area contributed by atoms with Crippen LogP contribution in [0.15, 0.2) is 47.6 Å². The van der Waals surface area contributed by atoms with E-state index in [-0.39, 0.29) is 0 Å². The van der Waals surface area contributed by atoms with E-state index in [1.165, 1.54) is 0 Å². The second kappa shape index (κ2) is 6.61. The van der Waals surface area contributed by atoms with Gasteiger partial charge < -0.3 is 9.47 Å². The minimum Gasteiger partial charge on any atom is -0.497 e. The van der Waals surface area contributed by atoms with Crippen LogP contribution >= 0.6 is 0 Å². The first kappa shape index (κ1) is 13.9. The molecule has 4 nitrogen and oxygen atoms in total. The van der Waals surface area contributed by atoms with Crippen LogP contribution in [0, 0.1) is 6.92 Å². The van der Waals surface area contributed by atoms with Gasteiger partial charge in [-0.15, -0.1) is 0 Å². The van der Waals surface area contributed by atoms with E-state index in [2.05, 4.69) is 10.5 Å². The molecule has 2 aromatic carbocycles. The Kier molecular flexibility index (Phi) is 4.60. The topological polar surface area (TPSA) is 42.8 Å². The number of nitrogens with zero attached hydrogens (tertiary/aromatic N) is 1. The molecule has 0 saturated heterocycles. The minimum absolute atomic E-state index is 0.722. The van der Waals surface area contributed by atoms with Crippen LogP contribution in [-0.2, 0) is 0 Å². The fourth-order valence-corrected chi connectivity index (χ4v) is 1.79. The molecule has 0 spiro atoms. The van der Waals surface area contributed by atoms with Crippen LogP contribution in [0.5, 0.6) is 11.5 Å². The lowest BCUT2D eigenvalue weighted by Crippen LogP contribution is -1.96. The van der Waals surface area contributed by atoms with Crippen molar-refractivity contribution in [1.82, 2.24) is 0 Å². The van der Waals surface area contributed by atoms with Crippen LogP contribution in [0.4, 0.5) is 5.69 Å². The van der Waals surface area contributed by atoms with Gasteiger partial charge >= 0.3 is 0 Å². The summed E-state index contributed by atoms with van der Waals surface area (Å²) in [6.07, 6.45) is 1.73. The lowest BCUT2D eigenvalue weighted by molar-refractivity contribution is 0.394. The maximum Gasteiger partial charge on any atom is 0.131 e. The molecule has 0 bridgehead atoms. The number of nitrogens with one attached hydrogen (secondary N) is 1. The smallest absolute Gasteiger partial charge is 0.131 e. The molecule has 0 atom stereocenters. The number of para-hydroxylation sites is 1. The number of hydrazone groups is 1. The zero-order chi connectivity index (χ0) is 14.4. The average Bonchev–Trinajstić information content (AvgIpc) is 2.49. The predicted molar refractivity (Wildman–Crippen MR) is 81.9 cm³/mol. The highest BCUT2D eigenvalue weighted by atomic mass is 16.5. The highest BCUT2D eigenvalue weighted by Gasteiger charge is 2.02.